The molecule has 1 saturated carbocycles. The van der Waals surface area contributed by atoms with Crippen molar-refractivity contribution in [3.63, 3.8) is 0 Å². The lowest BCUT2D eigenvalue weighted by Crippen LogP contribution is -2.55. The first kappa shape index (κ1) is 13.8. The third-order valence-corrected chi connectivity index (χ3v) is 4.60. The van der Waals surface area contributed by atoms with Crippen LogP contribution >= 0.6 is 0 Å². The molecule has 0 aromatic rings. The highest BCUT2D eigenvalue weighted by atomic mass is 15.2. The lowest BCUT2D eigenvalue weighted by atomic mass is 9.92. The normalized spacial score (nSPS) is 28.3. The summed E-state index contributed by atoms with van der Waals surface area (Å²) < 4.78 is 0. The van der Waals surface area contributed by atoms with E-state index < -0.39 is 0 Å². The Morgan fingerprint density at radius 3 is 2.61 bits per heavy atom. The van der Waals surface area contributed by atoms with Gasteiger partial charge in [-0.3, -0.25) is 10.2 Å². The van der Waals surface area contributed by atoms with Crippen LogP contribution in [0.3, 0.4) is 0 Å². The number of rotatable bonds is 6. The van der Waals surface area contributed by atoms with Crippen LogP contribution in [0, 0.1) is 23.2 Å². The van der Waals surface area contributed by atoms with Crippen LogP contribution in [0.2, 0.25) is 0 Å². The molecule has 0 aromatic heterocycles. The molecule has 1 saturated heterocycles. The van der Waals surface area contributed by atoms with Gasteiger partial charge in [0.1, 0.15) is 5.54 Å². The molecule has 0 spiro atoms. The number of likely N-dealkylation sites (tertiary alicyclic amines) is 1. The highest BCUT2D eigenvalue weighted by Crippen LogP contribution is 2.41. The van der Waals surface area contributed by atoms with Crippen molar-refractivity contribution < 1.29 is 0 Å². The third-order valence-electron chi connectivity index (χ3n) is 4.60. The summed E-state index contributed by atoms with van der Waals surface area (Å²) in [6.45, 7) is 9.71. The van der Waals surface area contributed by atoms with Crippen LogP contribution < -0.4 is 5.32 Å². The first-order chi connectivity index (χ1) is 8.63. The van der Waals surface area contributed by atoms with Gasteiger partial charge in [0.05, 0.1) is 6.07 Å². The topological polar surface area (TPSA) is 39.1 Å². The van der Waals surface area contributed by atoms with Crippen molar-refractivity contribution >= 4 is 0 Å². The number of likely N-dealkylation sites (N-methyl/N-ethyl adjacent to an activating group) is 1. The highest BCUT2D eigenvalue weighted by molar-refractivity contribution is 5.17. The molecule has 2 atom stereocenters. The molecule has 0 amide bonds. The molecule has 2 aliphatic rings. The molecule has 3 nitrogen and oxygen atoms in total. The van der Waals surface area contributed by atoms with E-state index in [2.05, 4.69) is 37.1 Å². The number of nitrogens with one attached hydrogen (secondary N) is 1. The van der Waals surface area contributed by atoms with Crippen LogP contribution in [0.15, 0.2) is 0 Å². The van der Waals surface area contributed by atoms with Crippen molar-refractivity contribution in [3.05, 3.63) is 0 Å². The molecule has 1 aliphatic heterocycles. The van der Waals surface area contributed by atoms with E-state index in [1.54, 1.807) is 0 Å². The van der Waals surface area contributed by atoms with Gasteiger partial charge in [0.25, 0.3) is 0 Å². The predicted octanol–water partition coefficient (Wildman–Crippen LogP) is 2.39. The molecule has 1 aliphatic carbocycles. The molecule has 0 bridgehead atoms. The second-order valence-electron chi connectivity index (χ2n) is 6.31. The maximum Gasteiger partial charge on any atom is 0.122 e. The smallest absolute Gasteiger partial charge is 0.122 e. The van der Waals surface area contributed by atoms with Gasteiger partial charge in [-0.15, -0.1) is 0 Å². The van der Waals surface area contributed by atoms with Crippen LogP contribution in [0.4, 0.5) is 0 Å². The van der Waals surface area contributed by atoms with Gasteiger partial charge in [0.2, 0.25) is 0 Å². The molecular weight excluding hydrogens is 222 g/mol. The molecule has 2 rings (SSSR count). The molecule has 18 heavy (non-hydrogen) atoms. The zero-order chi connectivity index (χ0) is 13.2. The summed E-state index contributed by atoms with van der Waals surface area (Å²) in [5.41, 5.74) is -0.285. The number of hydrogen-bond acceptors (Lipinski definition) is 3. The summed E-state index contributed by atoms with van der Waals surface area (Å²) in [7, 11) is 0. The van der Waals surface area contributed by atoms with Gasteiger partial charge in [-0.05, 0) is 50.6 Å². The maximum atomic E-state index is 9.66. The first-order valence-corrected chi connectivity index (χ1v) is 7.53. The van der Waals surface area contributed by atoms with Crippen molar-refractivity contribution in [1.82, 2.24) is 10.2 Å². The van der Waals surface area contributed by atoms with Crippen LogP contribution in [-0.4, -0.2) is 36.1 Å². The SMILES string of the molecule is CCNC(C#N)(CN1CCCC1C(C)C)C1CC1. The zero-order valence-electron chi connectivity index (χ0n) is 12.1. The summed E-state index contributed by atoms with van der Waals surface area (Å²) in [6, 6.07) is 3.29. The molecule has 2 unspecified atom stereocenters. The summed E-state index contributed by atoms with van der Waals surface area (Å²) in [5.74, 6) is 1.28. The Kier molecular flexibility index (Phi) is 4.29. The standard InChI is InChI=1S/C15H27N3/c1-4-17-15(10-16,13-7-8-13)11-18-9-5-6-14(18)12(2)3/h12-14,17H,4-9,11H2,1-3H3. The molecule has 2 fully saturated rings. The fourth-order valence-electron chi connectivity index (χ4n) is 3.51. The van der Waals surface area contributed by atoms with Crippen molar-refractivity contribution in [2.75, 3.05) is 19.6 Å². The van der Waals surface area contributed by atoms with Crippen LogP contribution in [0.5, 0.6) is 0 Å². The number of nitriles is 1. The van der Waals surface area contributed by atoms with E-state index in [4.69, 9.17) is 0 Å². The monoisotopic (exact) mass is 249 g/mol. The Morgan fingerprint density at radius 1 is 1.39 bits per heavy atom. The van der Waals surface area contributed by atoms with E-state index in [0.29, 0.717) is 17.9 Å². The number of hydrogen-bond donors (Lipinski definition) is 1. The summed E-state index contributed by atoms with van der Waals surface area (Å²) >= 11 is 0. The zero-order valence-corrected chi connectivity index (χ0v) is 12.1. The second-order valence-corrected chi connectivity index (χ2v) is 6.31. The van der Waals surface area contributed by atoms with E-state index in [-0.39, 0.29) is 5.54 Å². The van der Waals surface area contributed by atoms with E-state index in [9.17, 15) is 5.26 Å². The lowest BCUT2D eigenvalue weighted by molar-refractivity contribution is 0.155. The first-order valence-electron chi connectivity index (χ1n) is 7.53. The number of nitrogens with zero attached hydrogens (tertiary/aromatic N) is 2. The van der Waals surface area contributed by atoms with E-state index in [1.807, 2.05) is 0 Å². The van der Waals surface area contributed by atoms with Crippen molar-refractivity contribution in [1.29, 1.82) is 5.26 Å². The Morgan fingerprint density at radius 2 is 2.11 bits per heavy atom. The van der Waals surface area contributed by atoms with Gasteiger partial charge in [-0.25, -0.2) is 0 Å². The summed E-state index contributed by atoms with van der Waals surface area (Å²) in [6.07, 6.45) is 5.04. The predicted molar refractivity (Wildman–Crippen MR) is 74.2 cm³/mol. The maximum absolute atomic E-state index is 9.66. The minimum Gasteiger partial charge on any atom is -0.298 e. The summed E-state index contributed by atoms with van der Waals surface area (Å²) in [5, 5.41) is 13.2. The molecular formula is C15H27N3. The summed E-state index contributed by atoms with van der Waals surface area (Å²) in [4.78, 5) is 2.56. The Labute approximate surface area is 112 Å². The van der Waals surface area contributed by atoms with Gasteiger partial charge in [0.15, 0.2) is 0 Å². The fraction of sp³-hybridized carbons (Fsp3) is 0.933. The average Bonchev–Trinajstić information content (AvgIpc) is 3.09. The minimum absolute atomic E-state index is 0.285. The van der Waals surface area contributed by atoms with Crippen molar-refractivity contribution in [3.8, 4) is 6.07 Å². The van der Waals surface area contributed by atoms with Crippen LogP contribution in [0.1, 0.15) is 46.5 Å². The van der Waals surface area contributed by atoms with Gasteiger partial charge in [-0.1, -0.05) is 20.8 Å². The highest BCUT2D eigenvalue weighted by Gasteiger charge is 2.47. The largest absolute Gasteiger partial charge is 0.298 e. The Bertz CT molecular complexity index is 316. The van der Waals surface area contributed by atoms with Crippen LogP contribution in [-0.2, 0) is 0 Å². The van der Waals surface area contributed by atoms with Crippen molar-refractivity contribution in [2.24, 2.45) is 11.8 Å². The van der Waals surface area contributed by atoms with Gasteiger partial charge in [-0.2, -0.15) is 5.26 Å². The van der Waals surface area contributed by atoms with Gasteiger partial charge < -0.3 is 0 Å². The van der Waals surface area contributed by atoms with Gasteiger partial charge >= 0.3 is 0 Å². The van der Waals surface area contributed by atoms with E-state index in [0.717, 1.165) is 13.1 Å². The van der Waals surface area contributed by atoms with E-state index in [1.165, 1.54) is 32.2 Å². The van der Waals surface area contributed by atoms with Crippen LogP contribution in [0.25, 0.3) is 0 Å². The Hall–Kier alpha value is -0.590. The molecule has 0 aromatic carbocycles. The third kappa shape index (κ3) is 2.70. The molecule has 3 heteroatoms. The fourth-order valence-corrected chi connectivity index (χ4v) is 3.51. The van der Waals surface area contributed by atoms with E-state index >= 15 is 0 Å². The molecule has 0 radical (unpaired) electrons. The molecule has 102 valence electrons. The second kappa shape index (κ2) is 5.59. The molecule has 1 N–H and O–H groups in total. The minimum atomic E-state index is -0.285. The average molecular weight is 249 g/mol. The quantitative estimate of drug-likeness (QED) is 0.785. The molecule has 1 heterocycles. The van der Waals surface area contributed by atoms with Crippen molar-refractivity contribution in [2.45, 2.75) is 58.0 Å². The van der Waals surface area contributed by atoms with Gasteiger partial charge in [0, 0.05) is 12.6 Å². The lowest BCUT2D eigenvalue weighted by Gasteiger charge is -2.36. The Balaban J connectivity index is 2.06.